The first-order valence-corrected chi connectivity index (χ1v) is 8.06. The summed E-state index contributed by atoms with van der Waals surface area (Å²) in [5.41, 5.74) is 2.23. The van der Waals surface area contributed by atoms with Crippen LogP contribution in [0.2, 0.25) is 0 Å². The molecule has 0 spiro atoms. The number of carbonyl (C=O) groups is 1. The van der Waals surface area contributed by atoms with Gasteiger partial charge in [-0.2, -0.15) is 0 Å². The van der Waals surface area contributed by atoms with E-state index in [4.69, 9.17) is 0 Å². The van der Waals surface area contributed by atoms with E-state index >= 15 is 0 Å². The molecule has 1 fully saturated rings. The molecule has 0 saturated carbocycles. The van der Waals surface area contributed by atoms with Gasteiger partial charge in [0.15, 0.2) is 11.5 Å². The van der Waals surface area contributed by atoms with E-state index in [0.717, 1.165) is 42.8 Å². The molecule has 1 amide bonds. The number of amides is 1. The molecule has 1 aromatic carbocycles. The molecule has 2 N–H and O–H groups in total. The van der Waals surface area contributed by atoms with Crippen LogP contribution in [0.25, 0.3) is 11.2 Å². The van der Waals surface area contributed by atoms with Crippen LogP contribution in [0.1, 0.15) is 23.2 Å². The molecule has 7 heteroatoms. The fourth-order valence-electron chi connectivity index (χ4n) is 3.06. The number of anilines is 1. The number of carbonyl (C=O) groups excluding carboxylic acids is 1. The van der Waals surface area contributed by atoms with Crippen LogP contribution in [0.4, 0.5) is 5.82 Å². The number of hydrogen-bond acceptors (Lipinski definition) is 5. The summed E-state index contributed by atoms with van der Waals surface area (Å²) in [5.74, 6) is 0.873. The number of aromatic amines is 1. The predicted octanol–water partition coefficient (Wildman–Crippen LogP) is 2.07. The number of piperidine rings is 1. The minimum atomic E-state index is 0.104. The Morgan fingerprint density at radius 1 is 1.12 bits per heavy atom. The largest absolute Gasteiger partial charge is 0.365 e. The Hall–Kier alpha value is -2.96. The molecule has 3 heterocycles. The van der Waals surface area contributed by atoms with Crippen LogP contribution in [0.5, 0.6) is 0 Å². The van der Waals surface area contributed by atoms with E-state index in [2.05, 4.69) is 25.3 Å². The van der Waals surface area contributed by atoms with Crippen molar-refractivity contribution in [3.05, 3.63) is 48.5 Å². The molecule has 0 unspecified atom stereocenters. The number of aromatic nitrogens is 4. The monoisotopic (exact) mass is 322 g/mol. The van der Waals surface area contributed by atoms with Gasteiger partial charge in [0.1, 0.15) is 11.8 Å². The molecule has 0 radical (unpaired) electrons. The summed E-state index contributed by atoms with van der Waals surface area (Å²) in [4.78, 5) is 30.0. The molecular formula is C17H18N6O. The fourth-order valence-corrected chi connectivity index (χ4v) is 3.06. The lowest BCUT2D eigenvalue weighted by Crippen LogP contribution is -2.42. The van der Waals surface area contributed by atoms with Crippen molar-refractivity contribution in [1.82, 2.24) is 24.8 Å². The fraction of sp³-hybridized carbons (Fsp3) is 0.294. The van der Waals surface area contributed by atoms with Gasteiger partial charge in [0.25, 0.3) is 5.91 Å². The Morgan fingerprint density at radius 3 is 2.71 bits per heavy atom. The molecular weight excluding hydrogens is 304 g/mol. The Kier molecular flexibility index (Phi) is 3.82. The highest BCUT2D eigenvalue weighted by Crippen LogP contribution is 2.20. The first-order valence-electron chi connectivity index (χ1n) is 8.06. The number of nitrogens with zero attached hydrogens (tertiary/aromatic N) is 4. The minimum absolute atomic E-state index is 0.104. The van der Waals surface area contributed by atoms with Gasteiger partial charge in [-0.05, 0) is 25.0 Å². The normalized spacial score (nSPS) is 15.6. The maximum Gasteiger partial charge on any atom is 0.253 e. The van der Waals surface area contributed by atoms with Crippen LogP contribution in [-0.4, -0.2) is 49.9 Å². The van der Waals surface area contributed by atoms with Crippen LogP contribution >= 0.6 is 0 Å². The van der Waals surface area contributed by atoms with Crippen molar-refractivity contribution in [3.8, 4) is 0 Å². The smallest absolute Gasteiger partial charge is 0.253 e. The number of hydrogen-bond donors (Lipinski definition) is 2. The highest BCUT2D eigenvalue weighted by Gasteiger charge is 2.24. The minimum Gasteiger partial charge on any atom is -0.365 e. The van der Waals surface area contributed by atoms with Crippen LogP contribution in [-0.2, 0) is 0 Å². The topological polar surface area (TPSA) is 86.8 Å². The number of imidazole rings is 1. The molecule has 0 atom stereocenters. The lowest BCUT2D eigenvalue weighted by atomic mass is 10.0. The van der Waals surface area contributed by atoms with Crippen LogP contribution in [0, 0.1) is 0 Å². The van der Waals surface area contributed by atoms with E-state index in [0.29, 0.717) is 5.65 Å². The summed E-state index contributed by atoms with van der Waals surface area (Å²) in [6.45, 7) is 1.48. The molecule has 1 saturated heterocycles. The third-order valence-electron chi connectivity index (χ3n) is 4.37. The van der Waals surface area contributed by atoms with Gasteiger partial charge in [0, 0.05) is 24.7 Å². The zero-order valence-electron chi connectivity index (χ0n) is 13.1. The van der Waals surface area contributed by atoms with Gasteiger partial charge >= 0.3 is 0 Å². The van der Waals surface area contributed by atoms with E-state index in [1.165, 1.54) is 6.33 Å². The van der Waals surface area contributed by atoms with E-state index in [1.54, 1.807) is 6.33 Å². The van der Waals surface area contributed by atoms with Gasteiger partial charge in [-0.15, -0.1) is 0 Å². The second-order valence-corrected chi connectivity index (χ2v) is 5.90. The molecule has 2 aromatic heterocycles. The van der Waals surface area contributed by atoms with Crippen molar-refractivity contribution >= 4 is 22.9 Å². The first kappa shape index (κ1) is 14.6. The summed E-state index contributed by atoms with van der Waals surface area (Å²) in [5, 5.41) is 3.45. The highest BCUT2D eigenvalue weighted by molar-refractivity contribution is 5.94. The molecule has 24 heavy (non-hydrogen) atoms. The molecule has 122 valence electrons. The van der Waals surface area contributed by atoms with Gasteiger partial charge in [-0.3, -0.25) is 4.79 Å². The lowest BCUT2D eigenvalue weighted by Gasteiger charge is -2.32. The Morgan fingerprint density at radius 2 is 1.92 bits per heavy atom. The SMILES string of the molecule is O=C(c1ccccc1)N1CCC(Nc2ncnc3nc[nH]c23)CC1. The van der Waals surface area contributed by atoms with Gasteiger partial charge in [0.05, 0.1) is 6.33 Å². The van der Waals surface area contributed by atoms with E-state index in [9.17, 15) is 4.79 Å². The lowest BCUT2D eigenvalue weighted by molar-refractivity contribution is 0.0718. The molecule has 0 bridgehead atoms. The van der Waals surface area contributed by atoms with Gasteiger partial charge < -0.3 is 15.2 Å². The quantitative estimate of drug-likeness (QED) is 0.771. The van der Waals surface area contributed by atoms with E-state index in [-0.39, 0.29) is 11.9 Å². The zero-order valence-corrected chi connectivity index (χ0v) is 13.1. The zero-order chi connectivity index (χ0) is 16.4. The highest BCUT2D eigenvalue weighted by atomic mass is 16.2. The van der Waals surface area contributed by atoms with E-state index in [1.807, 2.05) is 35.2 Å². The predicted molar refractivity (Wildman–Crippen MR) is 90.7 cm³/mol. The Labute approximate surface area is 139 Å². The number of likely N-dealkylation sites (tertiary alicyclic amines) is 1. The summed E-state index contributed by atoms with van der Waals surface area (Å²) in [6.07, 6.45) is 4.90. The first-order chi connectivity index (χ1) is 11.8. The standard InChI is InChI=1S/C17H18N6O/c24-17(12-4-2-1-3-5-12)23-8-6-13(7-9-23)22-16-14-15(19-10-18-14)20-11-21-16/h1-5,10-11,13H,6-9H2,(H2,18,19,20,21,22). The number of H-pyrrole nitrogens is 1. The average Bonchev–Trinajstić information content (AvgIpc) is 3.12. The van der Waals surface area contributed by atoms with Crippen LogP contribution < -0.4 is 5.32 Å². The Balaban J connectivity index is 1.40. The van der Waals surface area contributed by atoms with Crippen molar-refractivity contribution in [1.29, 1.82) is 0 Å². The number of rotatable bonds is 3. The van der Waals surface area contributed by atoms with Gasteiger partial charge in [0.2, 0.25) is 0 Å². The molecule has 1 aliphatic heterocycles. The van der Waals surface area contributed by atoms with Gasteiger partial charge in [-0.25, -0.2) is 15.0 Å². The van der Waals surface area contributed by atoms with E-state index < -0.39 is 0 Å². The maximum atomic E-state index is 12.5. The van der Waals surface area contributed by atoms with Crippen LogP contribution in [0.3, 0.4) is 0 Å². The molecule has 3 aromatic rings. The van der Waals surface area contributed by atoms with Crippen LogP contribution in [0.15, 0.2) is 43.0 Å². The summed E-state index contributed by atoms with van der Waals surface area (Å²) in [6, 6.07) is 9.72. The number of fused-ring (bicyclic) bond motifs is 1. The van der Waals surface area contributed by atoms with Crippen molar-refractivity contribution in [3.63, 3.8) is 0 Å². The molecule has 4 rings (SSSR count). The molecule has 1 aliphatic rings. The van der Waals surface area contributed by atoms with Crippen molar-refractivity contribution in [2.24, 2.45) is 0 Å². The molecule has 0 aliphatic carbocycles. The second kappa shape index (κ2) is 6.27. The van der Waals surface area contributed by atoms with Crippen molar-refractivity contribution in [2.45, 2.75) is 18.9 Å². The second-order valence-electron chi connectivity index (χ2n) is 5.90. The third kappa shape index (κ3) is 2.80. The summed E-state index contributed by atoms with van der Waals surface area (Å²) < 4.78 is 0. The third-order valence-corrected chi connectivity index (χ3v) is 4.37. The number of benzene rings is 1. The van der Waals surface area contributed by atoms with Gasteiger partial charge in [-0.1, -0.05) is 18.2 Å². The number of nitrogens with one attached hydrogen (secondary N) is 2. The summed E-state index contributed by atoms with van der Waals surface area (Å²) in [7, 11) is 0. The van der Waals surface area contributed by atoms with Crippen molar-refractivity contribution < 1.29 is 4.79 Å². The summed E-state index contributed by atoms with van der Waals surface area (Å²) >= 11 is 0. The Bertz CT molecular complexity index is 838. The van der Waals surface area contributed by atoms with Crippen molar-refractivity contribution in [2.75, 3.05) is 18.4 Å². The molecule has 7 nitrogen and oxygen atoms in total. The maximum absolute atomic E-state index is 12.5. The average molecular weight is 322 g/mol.